The molecule has 8 heteroatoms. The molecule has 0 radical (unpaired) electrons. The van der Waals surface area contributed by atoms with Crippen molar-refractivity contribution in [2.75, 3.05) is 0 Å². The highest BCUT2D eigenvalue weighted by atomic mass is 32.2. The van der Waals surface area contributed by atoms with Crippen LogP contribution in [-0.4, -0.2) is 34.8 Å². The quantitative estimate of drug-likeness (QED) is 0.708. The van der Waals surface area contributed by atoms with Crippen LogP contribution in [-0.2, 0) is 14.9 Å². The van der Waals surface area contributed by atoms with Gasteiger partial charge in [-0.1, -0.05) is 0 Å². The maximum Gasteiger partial charge on any atom is 0.347 e. The van der Waals surface area contributed by atoms with E-state index in [1.54, 1.807) is 13.8 Å². The van der Waals surface area contributed by atoms with Crippen molar-refractivity contribution < 1.29 is 32.7 Å². The van der Waals surface area contributed by atoms with Crippen LogP contribution in [0.15, 0.2) is 0 Å². The third-order valence-corrected chi connectivity index (χ3v) is 5.42. The van der Waals surface area contributed by atoms with Crippen LogP contribution in [0.25, 0.3) is 0 Å². The van der Waals surface area contributed by atoms with E-state index in [0.717, 1.165) is 0 Å². The molecular weight excluding hydrogens is 312 g/mol. The average molecular weight is 330 g/mol. The smallest absolute Gasteiger partial charge is 0.347 e. The predicted octanol–water partition coefficient (Wildman–Crippen LogP) is 1.87. The zero-order valence-electron chi connectivity index (χ0n) is 12.7. The Morgan fingerprint density at radius 2 is 1.77 bits per heavy atom. The van der Waals surface area contributed by atoms with Crippen molar-refractivity contribution in [3.05, 3.63) is 22.3 Å². The topological polar surface area (TPSA) is 121 Å². The molecule has 0 spiro atoms. The molecule has 1 aromatic carbocycles. The molecule has 22 heavy (non-hydrogen) atoms. The second-order valence-corrected chi connectivity index (χ2v) is 7.41. The van der Waals surface area contributed by atoms with E-state index in [4.69, 9.17) is 4.74 Å². The van der Waals surface area contributed by atoms with Gasteiger partial charge < -0.3 is 14.9 Å². The van der Waals surface area contributed by atoms with Crippen LogP contribution in [0.3, 0.4) is 0 Å². The van der Waals surface area contributed by atoms with Gasteiger partial charge in [-0.3, -0.25) is 4.55 Å². The summed E-state index contributed by atoms with van der Waals surface area (Å²) in [6.07, 6.45) is -0.447. The number of benzene rings is 1. The number of ether oxygens (including phenoxy) is 1. The molecule has 1 aliphatic rings. The highest BCUT2D eigenvalue weighted by molar-refractivity contribution is 7.86. The minimum absolute atomic E-state index is 0.0894. The number of aromatic hydroxyl groups is 1. The van der Waals surface area contributed by atoms with Gasteiger partial charge in [0.05, 0.1) is 0 Å². The monoisotopic (exact) mass is 330 g/mol. The maximum absolute atomic E-state index is 11.7. The summed E-state index contributed by atoms with van der Waals surface area (Å²) >= 11 is 0. The van der Waals surface area contributed by atoms with Gasteiger partial charge in [-0.2, -0.15) is 8.42 Å². The lowest BCUT2D eigenvalue weighted by Crippen LogP contribution is -2.47. The van der Waals surface area contributed by atoms with E-state index < -0.39 is 33.4 Å². The molecule has 0 aliphatic carbocycles. The number of phenols is 1. The maximum atomic E-state index is 11.7. The van der Waals surface area contributed by atoms with Gasteiger partial charge in [0.1, 0.15) is 16.7 Å². The Kier molecular flexibility index (Phi) is 3.65. The van der Waals surface area contributed by atoms with Crippen molar-refractivity contribution in [1.29, 1.82) is 0 Å². The van der Waals surface area contributed by atoms with Gasteiger partial charge in [0.25, 0.3) is 10.1 Å². The SMILES string of the molecule is Cc1c(C)c2c(c(C)c1O)C(S(=O)(=O)O)CC(C)(C(=O)O)O2. The van der Waals surface area contributed by atoms with Gasteiger partial charge in [0, 0.05) is 12.0 Å². The fourth-order valence-corrected chi connectivity index (χ4v) is 3.87. The number of carboxylic acids is 1. The highest BCUT2D eigenvalue weighted by Gasteiger charge is 2.49. The molecule has 0 saturated heterocycles. The van der Waals surface area contributed by atoms with Gasteiger partial charge in [-0.15, -0.1) is 0 Å². The van der Waals surface area contributed by atoms with Gasteiger partial charge in [-0.05, 0) is 44.4 Å². The van der Waals surface area contributed by atoms with Gasteiger partial charge in [0.15, 0.2) is 0 Å². The summed E-state index contributed by atoms with van der Waals surface area (Å²) < 4.78 is 38.6. The molecule has 122 valence electrons. The van der Waals surface area contributed by atoms with Crippen molar-refractivity contribution >= 4 is 16.1 Å². The number of fused-ring (bicyclic) bond motifs is 1. The fraction of sp³-hybridized carbons (Fsp3) is 0.500. The summed E-state index contributed by atoms with van der Waals surface area (Å²) in [5.41, 5.74) is -0.498. The number of carbonyl (C=O) groups is 1. The predicted molar refractivity (Wildman–Crippen MR) is 77.9 cm³/mol. The summed E-state index contributed by atoms with van der Waals surface area (Å²) in [6, 6.07) is 0. The molecule has 0 aromatic heterocycles. The normalized spacial score (nSPS) is 24.5. The van der Waals surface area contributed by atoms with E-state index in [1.807, 2.05) is 0 Å². The standard InChI is InChI=1S/C14H18O7S/c1-6-7(2)12-10(8(3)11(6)15)9(22(18,19)20)5-14(4,21-12)13(16)17/h9,15H,5H2,1-4H3,(H,16,17)(H,18,19,20). The van der Waals surface area contributed by atoms with Crippen molar-refractivity contribution in [1.82, 2.24) is 0 Å². The van der Waals surface area contributed by atoms with Gasteiger partial charge in [-0.25, -0.2) is 4.79 Å². The minimum atomic E-state index is -4.57. The number of hydrogen-bond donors (Lipinski definition) is 3. The van der Waals surface area contributed by atoms with Crippen LogP contribution in [0.2, 0.25) is 0 Å². The number of phenolic OH excluding ortho intramolecular Hbond substituents is 1. The molecular formula is C14H18O7S. The Hall–Kier alpha value is -1.80. The van der Waals surface area contributed by atoms with E-state index in [-0.39, 0.29) is 22.6 Å². The van der Waals surface area contributed by atoms with E-state index >= 15 is 0 Å². The summed E-state index contributed by atoms with van der Waals surface area (Å²) in [6.45, 7) is 5.98. The summed E-state index contributed by atoms with van der Waals surface area (Å²) in [7, 11) is -4.57. The average Bonchev–Trinajstić information content (AvgIpc) is 2.40. The lowest BCUT2D eigenvalue weighted by molar-refractivity contribution is -0.155. The molecule has 1 heterocycles. The minimum Gasteiger partial charge on any atom is -0.507 e. The van der Waals surface area contributed by atoms with E-state index in [9.17, 15) is 28.0 Å². The molecule has 1 aliphatic heterocycles. The first-order valence-corrected chi connectivity index (χ1v) is 8.11. The Labute approximate surface area is 128 Å². The van der Waals surface area contributed by atoms with E-state index in [1.165, 1.54) is 13.8 Å². The first-order valence-electron chi connectivity index (χ1n) is 6.61. The number of carboxylic acid groups (broad SMARTS) is 1. The number of aliphatic carboxylic acids is 1. The lowest BCUT2D eigenvalue weighted by atomic mass is 9.86. The van der Waals surface area contributed by atoms with Crippen LogP contribution in [0.5, 0.6) is 11.5 Å². The second-order valence-electron chi connectivity index (χ2n) is 5.81. The largest absolute Gasteiger partial charge is 0.507 e. The first kappa shape index (κ1) is 16.6. The van der Waals surface area contributed by atoms with Gasteiger partial charge >= 0.3 is 5.97 Å². The molecule has 2 unspecified atom stereocenters. The lowest BCUT2D eigenvalue weighted by Gasteiger charge is -2.38. The van der Waals surface area contributed by atoms with E-state index in [0.29, 0.717) is 11.1 Å². The second kappa shape index (κ2) is 4.85. The van der Waals surface area contributed by atoms with E-state index in [2.05, 4.69) is 0 Å². The molecule has 3 N–H and O–H groups in total. The van der Waals surface area contributed by atoms with Crippen LogP contribution < -0.4 is 4.74 Å². The Bertz CT molecular complexity index is 766. The van der Waals surface area contributed by atoms with Crippen molar-refractivity contribution in [3.8, 4) is 11.5 Å². The van der Waals surface area contributed by atoms with Crippen molar-refractivity contribution in [2.45, 2.75) is 45.0 Å². The molecule has 7 nitrogen and oxygen atoms in total. The fourth-order valence-electron chi connectivity index (χ4n) is 2.76. The highest BCUT2D eigenvalue weighted by Crippen LogP contribution is 2.50. The summed E-state index contributed by atoms with van der Waals surface area (Å²) in [4.78, 5) is 11.5. The summed E-state index contributed by atoms with van der Waals surface area (Å²) in [5, 5.41) is 18.0. The van der Waals surface area contributed by atoms with Crippen LogP contribution in [0.4, 0.5) is 0 Å². The van der Waals surface area contributed by atoms with Crippen molar-refractivity contribution in [2.24, 2.45) is 0 Å². The molecule has 0 fully saturated rings. The van der Waals surface area contributed by atoms with Gasteiger partial charge in [0.2, 0.25) is 5.60 Å². The molecule has 1 aromatic rings. The van der Waals surface area contributed by atoms with Crippen molar-refractivity contribution in [3.63, 3.8) is 0 Å². The molecule has 2 atom stereocenters. The van der Waals surface area contributed by atoms with Crippen LogP contribution in [0, 0.1) is 20.8 Å². The zero-order chi connectivity index (χ0) is 17.0. The number of hydrogen-bond acceptors (Lipinski definition) is 5. The Balaban J connectivity index is 2.86. The first-order chi connectivity index (χ1) is 9.90. The number of rotatable bonds is 2. The third-order valence-electron chi connectivity index (χ3n) is 4.30. The van der Waals surface area contributed by atoms with Crippen LogP contribution in [0.1, 0.15) is 40.8 Å². The third kappa shape index (κ3) is 2.32. The molecule has 0 saturated carbocycles. The molecule has 0 amide bonds. The molecule has 2 rings (SSSR count). The Morgan fingerprint density at radius 1 is 1.23 bits per heavy atom. The molecule has 0 bridgehead atoms. The Morgan fingerprint density at radius 3 is 2.23 bits per heavy atom. The summed E-state index contributed by atoms with van der Waals surface area (Å²) in [5.74, 6) is -1.33. The van der Waals surface area contributed by atoms with Crippen LogP contribution >= 0.6 is 0 Å². The zero-order valence-corrected chi connectivity index (χ0v) is 13.5.